The first kappa shape index (κ1) is 21.2. The molecule has 0 fully saturated rings. The van der Waals surface area contributed by atoms with Gasteiger partial charge in [0.05, 0.1) is 17.8 Å². The van der Waals surface area contributed by atoms with Crippen molar-refractivity contribution in [3.05, 3.63) is 63.1 Å². The van der Waals surface area contributed by atoms with Gasteiger partial charge in [0.25, 0.3) is 5.56 Å². The second-order valence-corrected chi connectivity index (χ2v) is 9.38. The quantitative estimate of drug-likeness (QED) is 0.831. The van der Waals surface area contributed by atoms with Crippen molar-refractivity contribution >= 4 is 5.91 Å². The highest BCUT2D eigenvalue weighted by molar-refractivity contribution is 5.76. The third kappa shape index (κ3) is 5.75. The molecule has 0 saturated heterocycles. The lowest BCUT2D eigenvalue weighted by Gasteiger charge is -2.30. The second-order valence-electron chi connectivity index (χ2n) is 9.38. The Hall–Kier alpha value is -2.50. The van der Waals surface area contributed by atoms with E-state index in [9.17, 15) is 14.0 Å². The van der Waals surface area contributed by atoms with Gasteiger partial charge in [0.15, 0.2) is 0 Å². The van der Waals surface area contributed by atoms with Crippen LogP contribution in [0.3, 0.4) is 0 Å². The highest BCUT2D eigenvalue weighted by Crippen LogP contribution is 2.27. The number of benzene rings is 1. The molecule has 5 nitrogen and oxygen atoms in total. The maximum absolute atomic E-state index is 13.1. The zero-order valence-electron chi connectivity index (χ0n) is 17.7. The van der Waals surface area contributed by atoms with E-state index in [0.717, 1.165) is 17.7 Å². The highest BCUT2D eigenvalue weighted by atomic mass is 19.1. The van der Waals surface area contributed by atoms with Crippen LogP contribution < -0.4 is 5.56 Å². The summed E-state index contributed by atoms with van der Waals surface area (Å²) >= 11 is 0. The molecular formula is C23H30FN3O2. The van der Waals surface area contributed by atoms with Gasteiger partial charge in [-0.05, 0) is 35.4 Å². The predicted octanol–water partition coefficient (Wildman–Crippen LogP) is 3.85. The number of carbonyl (C=O) groups is 1. The Morgan fingerprint density at radius 2 is 1.97 bits per heavy atom. The maximum Gasteiger partial charge on any atom is 0.256 e. The Balaban J connectivity index is 1.68. The van der Waals surface area contributed by atoms with Crippen LogP contribution in [0.2, 0.25) is 0 Å². The second kappa shape index (κ2) is 8.47. The minimum atomic E-state index is -0.290. The van der Waals surface area contributed by atoms with Gasteiger partial charge < -0.3 is 9.88 Å². The number of nitrogens with one attached hydrogen (secondary N) is 1. The molecule has 6 heteroatoms. The number of aromatic amines is 1. The first-order valence-corrected chi connectivity index (χ1v) is 10.2. The Bertz CT molecular complexity index is 929. The molecule has 1 aliphatic rings. The fraction of sp³-hybridized carbons (Fsp3) is 0.522. The standard InChI is InChI=1S/C23H30FN3O2/c1-15(13-23(2,3)4)11-21(28)27-10-9-19-18(14-27)22(29)26-20(25-19)12-16-5-7-17(24)8-6-16/h5-8,15H,9-14H2,1-4H3,(H,25,26,29)/t15-/m0/s1. The SMILES string of the molecule is C[C@@H](CC(=O)N1CCc2nc(Cc3ccc(F)cc3)[nH]c(=O)c2C1)CC(C)(C)C. The zero-order valence-corrected chi connectivity index (χ0v) is 17.7. The average Bonchev–Trinajstić information content (AvgIpc) is 2.62. The number of rotatable bonds is 5. The number of hydrogen-bond donors (Lipinski definition) is 1. The monoisotopic (exact) mass is 399 g/mol. The largest absolute Gasteiger partial charge is 0.338 e. The van der Waals surface area contributed by atoms with Crippen LogP contribution in [0.4, 0.5) is 4.39 Å². The summed E-state index contributed by atoms with van der Waals surface area (Å²) in [6.45, 7) is 9.55. The van der Waals surface area contributed by atoms with Crippen LogP contribution >= 0.6 is 0 Å². The van der Waals surface area contributed by atoms with E-state index in [1.54, 1.807) is 17.0 Å². The van der Waals surface area contributed by atoms with Gasteiger partial charge in [-0.3, -0.25) is 9.59 Å². The number of halogens is 1. The lowest BCUT2D eigenvalue weighted by Crippen LogP contribution is -2.40. The van der Waals surface area contributed by atoms with Gasteiger partial charge in [-0.1, -0.05) is 39.8 Å². The Morgan fingerprint density at radius 1 is 1.28 bits per heavy atom. The van der Waals surface area contributed by atoms with Gasteiger partial charge in [-0.15, -0.1) is 0 Å². The molecule has 0 spiro atoms. The number of nitrogens with zero attached hydrogens (tertiary/aromatic N) is 2. The van der Waals surface area contributed by atoms with Gasteiger partial charge in [-0.25, -0.2) is 9.37 Å². The summed E-state index contributed by atoms with van der Waals surface area (Å²) in [5, 5.41) is 0. The van der Waals surface area contributed by atoms with Crippen molar-refractivity contribution in [3.8, 4) is 0 Å². The van der Waals surface area contributed by atoms with Crippen molar-refractivity contribution in [2.24, 2.45) is 11.3 Å². The summed E-state index contributed by atoms with van der Waals surface area (Å²) in [5.74, 6) is 0.682. The molecule has 3 rings (SSSR count). The van der Waals surface area contributed by atoms with Crippen molar-refractivity contribution in [3.63, 3.8) is 0 Å². The van der Waals surface area contributed by atoms with Crippen LogP contribution in [0.25, 0.3) is 0 Å². The first-order chi connectivity index (χ1) is 13.6. The van der Waals surface area contributed by atoms with E-state index in [1.165, 1.54) is 12.1 Å². The average molecular weight is 400 g/mol. The molecule has 0 bridgehead atoms. The molecular weight excluding hydrogens is 369 g/mol. The van der Waals surface area contributed by atoms with E-state index in [2.05, 4.69) is 37.7 Å². The number of aromatic nitrogens is 2. The Kier molecular flexibility index (Phi) is 6.20. The van der Waals surface area contributed by atoms with Gasteiger partial charge in [0, 0.05) is 25.8 Å². The minimum absolute atomic E-state index is 0.0992. The molecule has 156 valence electrons. The number of carbonyl (C=O) groups excluding carboxylic acids is 1. The molecule has 1 N–H and O–H groups in total. The molecule has 1 aliphatic heterocycles. The molecule has 2 heterocycles. The summed E-state index contributed by atoms with van der Waals surface area (Å²) in [7, 11) is 0. The maximum atomic E-state index is 13.1. The normalized spacial score (nSPS) is 15.1. The van der Waals surface area contributed by atoms with Crippen molar-refractivity contribution in [1.82, 2.24) is 14.9 Å². The lowest BCUT2D eigenvalue weighted by atomic mass is 9.84. The van der Waals surface area contributed by atoms with Crippen LogP contribution in [0, 0.1) is 17.2 Å². The number of hydrogen-bond acceptors (Lipinski definition) is 3. The fourth-order valence-electron chi connectivity index (χ4n) is 4.11. The molecule has 0 unspecified atom stereocenters. The van der Waals surface area contributed by atoms with Crippen LogP contribution in [-0.4, -0.2) is 27.3 Å². The van der Waals surface area contributed by atoms with Gasteiger partial charge in [-0.2, -0.15) is 0 Å². The summed E-state index contributed by atoms with van der Waals surface area (Å²) in [4.78, 5) is 34.5. The lowest BCUT2D eigenvalue weighted by molar-refractivity contribution is -0.133. The summed E-state index contributed by atoms with van der Waals surface area (Å²) in [5.41, 5.74) is 2.23. The molecule has 1 aromatic heterocycles. The summed E-state index contributed by atoms with van der Waals surface area (Å²) < 4.78 is 13.1. The molecule has 0 radical (unpaired) electrons. The smallest absolute Gasteiger partial charge is 0.256 e. The molecule has 1 aromatic carbocycles. The molecule has 1 amide bonds. The number of fused-ring (bicyclic) bond motifs is 1. The van der Waals surface area contributed by atoms with E-state index in [-0.39, 0.29) is 22.7 Å². The van der Waals surface area contributed by atoms with Crippen LogP contribution in [0.15, 0.2) is 29.1 Å². The predicted molar refractivity (Wildman–Crippen MR) is 111 cm³/mol. The number of amides is 1. The Morgan fingerprint density at radius 3 is 2.62 bits per heavy atom. The summed E-state index contributed by atoms with van der Waals surface area (Å²) in [6.07, 6.45) is 2.50. The topological polar surface area (TPSA) is 66.1 Å². The third-order valence-electron chi connectivity index (χ3n) is 5.24. The van der Waals surface area contributed by atoms with E-state index in [4.69, 9.17) is 0 Å². The highest BCUT2D eigenvalue weighted by Gasteiger charge is 2.26. The van der Waals surface area contributed by atoms with Crippen LogP contribution in [0.5, 0.6) is 0 Å². The van der Waals surface area contributed by atoms with E-state index >= 15 is 0 Å². The molecule has 2 aromatic rings. The van der Waals surface area contributed by atoms with E-state index in [0.29, 0.717) is 49.7 Å². The molecule has 1 atom stereocenters. The van der Waals surface area contributed by atoms with Crippen molar-refractivity contribution in [2.75, 3.05) is 6.54 Å². The molecule has 0 saturated carbocycles. The van der Waals surface area contributed by atoms with Crippen LogP contribution in [-0.2, 0) is 24.2 Å². The van der Waals surface area contributed by atoms with Crippen molar-refractivity contribution in [2.45, 2.75) is 59.9 Å². The first-order valence-electron chi connectivity index (χ1n) is 10.2. The third-order valence-corrected chi connectivity index (χ3v) is 5.24. The summed E-state index contributed by atoms with van der Waals surface area (Å²) in [6, 6.07) is 6.17. The zero-order chi connectivity index (χ0) is 21.2. The number of H-pyrrole nitrogens is 1. The van der Waals surface area contributed by atoms with E-state index in [1.807, 2.05) is 0 Å². The van der Waals surface area contributed by atoms with E-state index < -0.39 is 0 Å². The van der Waals surface area contributed by atoms with Gasteiger partial charge >= 0.3 is 0 Å². The van der Waals surface area contributed by atoms with Crippen molar-refractivity contribution in [1.29, 1.82) is 0 Å². The van der Waals surface area contributed by atoms with Crippen molar-refractivity contribution < 1.29 is 9.18 Å². The minimum Gasteiger partial charge on any atom is -0.338 e. The molecule has 29 heavy (non-hydrogen) atoms. The van der Waals surface area contributed by atoms with Gasteiger partial charge in [0.2, 0.25) is 5.91 Å². The molecule has 0 aliphatic carbocycles. The fourth-order valence-corrected chi connectivity index (χ4v) is 4.11. The van der Waals surface area contributed by atoms with Gasteiger partial charge in [0.1, 0.15) is 11.6 Å². The van der Waals surface area contributed by atoms with Crippen LogP contribution in [0.1, 0.15) is 63.2 Å². The Labute approximate surface area is 171 Å².